The van der Waals surface area contributed by atoms with Crippen molar-refractivity contribution < 1.29 is 4.39 Å². The maximum Gasteiger partial charge on any atom is 0.125 e. The van der Waals surface area contributed by atoms with E-state index in [0.29, 0.717) is 10.0 Å². The molecule has 0 aliphatic carbocycles. The first-order valence-corrected chi connectivity index (χ1v) is 6.70. The average molecular weight is 298 g/mol. The molecule has 0 aromatic heterocycles. The summed E-state index contributed by atoms with van der Waals surface area (Å²) >= 11 is 12.0. The van der Waals surface area contributed by atoms with Crippen LogP contribution in [0.5, 0.6) is 0 Å². The summed E-state index contributed by atoms with van der Waals surface area (Å²) in [7, 11) is 0. The van der Waals surface area contributed by atoms with Crippen LogP contribution >= 0.6 is 23.2 Å². The lowest BCUT2D eigenvalue weighted by Crippen LogP contribution is -2.08. The quantitative estimate of drug-likeness (QED) is 0.776. The Morgan fingerprint density at radius 2 is 1.84 bits per heavy atom. The van der Waals surface area contributed by atoms with Gasteiger partial charge in [0.05, 0.1) is 6.04 Å². The van der Waals surface area contributed by atoms with Crippen LogP contribution in [0.4, 0.5) is 10.1 Å². The second-order valence-corrected chi connectivity index (χ2v) is 5.33. The summed E-state index contributed by atoms with van der Waals surface area (Å²) in [6.45, 7) is 3.90. The van der Waals surface area contributed by atoms with E-state index in [9.17, 15) is 4.39 Å². The van der Waals surface area contributed by atoms with Crippen LogP contribution in [0.25, 0.3) is 0 Å². The molecule has 1 atom stereocenters. The summed E-state index contributed by atoms with van der Waals surface area (Å²) in [4.78, 5) is 0. The van der Waals surface area contributed by atoms with E-state index in [1.807, 2.05) is 19.9 Å². The first kappa shape index (κ1) is 14.2. The van der Waals surface area contributed by atoms with Gasteiger partial charge in [-0.3, -0.25) is 0 Å². The van der Waals surface area contributed by atoms with Crippen LogP contribution < -0.4 is 5.32 Å². The number of benzene rings is 2. The van der Waals surface area contributed by atoms with Gasteiger partial charge in [-0.2, -0.15) is 0 Å². The normalized spacial score (nSPS) is 12.3. The molecule has 19 heavy (non-hydrogen) atoms. The summed E-state index contributed by atoms with van der Waals surface area (Å²) in [5.41, 5.74) is 2.67. The van der Waals surface area contributed by atoms with Crippen molar-refractivity contribution in [2.24, 2.45) is 0 Å². The third kappa shape index (κ3) is 3.40. The predicted octanol–water partition coefficient (Wildman–Crippen LogP) is 5.61. The van der Waals surface area contributed by atoms with Gasteiger partial charge in [0, 0.05) is 15.7 Å². The Morgan fingerprint density at radius 1 is 1.11 bits per heavy atom. The Kier molecular flexibility index (Phi) is 4.33. The molecule has 0 radical (unpaired) electrons. The SMILES string of the molecule is Cc1ccc(F)cc1NC(C)c1ccc(Cl)cc1Cl. The van der Waals surface area contributed by atoms with Crippen molar-refractivity contribution in [3.05, 3.63) is 63.4 Å². The Bertz CT molecular complexity index is 599. The van der Waals surface area contributed by atoms with Gasteiger partial charge in [0.25, 0.3) is 0 Å². The van der Waals surface area contributed by atoms with Crippen molar-refractivity contribution in [1.82, 2.24) is 0 Å². The zero-order valence-electron chi connectivity index (χ0n) is 10.7. The maximum atomic E-state index is 13.2. The highest BCUT2D eigenvalue weighted by Crippen LogP contribution is 2.29. The molecule has 0 aliphatic rings. The van der Waals surface area contributed by atoms with Crippen LogP contribution in [-0.4, -0.2) is 0 Å². The number of hydrogen-bond acceptors (Lipinski definition) is 1. The van der Waals surface area contributed by atoms with Gasteiger partial charge in [-0.15, -0.1) is 0 Å². The molecular formula is C15H14Cl2FN. The number of aryl methyl sites for hydroxylation is 1. The summed E-state index contributed by atoms with van der Waals surface area (Å²) < 4.78 is 13.2. The van der Waals surface area contributed by atoms with Gasteiger partial charge in [-0.05, 0) is 49.2 Å². The zero-order valence-corrected chi connectivity index (χ0v) is 12.2. The van der Waals surface area contributed by atoms with Gasteiger partial charge in [-0.25, -0.2) is 4.39 Å². The summed E-state index contributed by atoms with van der Waals surface area (Å²) in [6, 6.07) is 10.0. The standard InChI is InChI=1S/C15H14Cl2FN/c1-9-3-5-12(18)8-15(9)19-10(2)13-6-4-11(16)7-14(13)17/h3-8,10,19H,1-2H3. The summed E-state index contributed by atoms with van der Waals surface area (Å²) in [5.74, 6) is -0.262. The van der Waals surface area contributed by atoms with E-state index in [-0.39, 0.29) is 11.9 Å². The third-order valence-electron chi connectivity index (χ3n) is 3.00. The van der Waals surface area contributed by atoms with Crippen molar-refractivity contribution in [3.63, 3.8) is 0 Å². The van der Waals surface area contributed by atoms with Crippen molar-refractivity contribution >= 4 is 28.9 Å². The number of anilines is 1. The van der Waals surface area contributed by atoms with E-state index >= 15 is 0 Å². The molecule has 2 rings (SSSR count). The summed E-state index contributed by atoms with van der Waals surface area (Å²) in [5, 5.41) is 4.46. The highest BCUT2D eigenvalue weighted by molar-refractivity contribution is 6.35. The van der Waals surface area contributed by atoms with Crippen molar-refractivity contribution in [2.45, 2.75) is 19.9 Å². The van der Waals surface area contributed by atoms with Gasteiger partial charge in [0.1, 0.15) is 5.82 Å². The molecule has 0 bridgehead atoms. The molecule has 4 heteroatoms. The molecule has 100 valence electrons. The van der Waals surface area contributed by atoms with Crippen LogP contribution in [0.1, 0.15) is 24.1 Å². The minimum atomic E-state index is -0.262. The van der Waals surface area contributed by atoms with Crippen LogP contribution in [0.2, 0.25) is 10.0 Å². The maximum absolute atomic E-state index is 13.2. The third-order valence-corrected chi connectivity index (χ3v) is 3.56. The second kappa shape index (κ2) is 5.81. The van der Waals surface area contributed by atoms with Gasteiger partial charge >= 0.3 is 0 Å². The molecule has 1 unspecified atom stereocenters. The topological polar surface area (TPSA) is 12.0 Å². The lowest BCUT2D eigenvalue weighted by molar-refractivity contribution is 0.627. The van der Waals surface area contributed by atoms with Gasteiger partial charge in [0.15, 0.2) is 0 Å². The zero-order chi connectivity index (χ0) is 14.0. The van der Waals surface area contributed by atoms with Crippen LogP contribution in [0, 0.1) is 12.7 Å². The van der Waals surface area contributed by atoms with Gasteiger partial charge in [0.2, 0.25) is 0 Å². The highest BCUT2D eigenvalue weighted by Gasteiger charge is 2.11. The largest absolute Gasteiger partial charge is 0.378 e. The fourth-order valence-corrected chi connectivity index (χ4v) is 2.49. The van der Waals surface area contributed by atoms with Crippen LogP contribution in [0.15, 0.2) is 36.4 Å². The minimum Gasteiger partial charge on any atom is -0.378 e. The predicted molar refractivity (Wildman–Crippen MR) is 79.6 cm³/mol. The summed E-state index contributed by atoms with van der Waals surface area (Å²) in [6.07, 6.45) is 0. The molecule has 1 nitrogen and oxygen atoms in total. The molecule has 0 aliphatic heterocycles. The fourth-order valence-electron chi connectivity index (χ4n) is 1.91. The highest BCUT2D eigenvalue weighted by atomic mass is 35.5. The number of hydrogen-bond donors (Lipinski definition) is 1. The molecular weight excluding hydrogens is 284 g/mol. The number of nitrogens with one attached hydrogen (secondary N) is 1. The molecule has 2 aromatic carbocycles. The van der Waals surface area contributed by atoms with Crippen molar-refractivity contribution in [2.75, 3.05) is 5.32 Å². The Balaban J connectivity index is 2.25. The lowest BCUT2D eigenvalue weighted by Gasteiger charge is -2.18. The fraction of sp³-hybridized carbons (Fsp3) is 0.200. The van der Waals surface area contributed by atoms with E-state index in [2.05, 4.69) is 5.32 Å². The Hall–Kier alpha value is -1.25. The van der Waals surface area contributed by atoms with E-state index in [1.165, 1.54) is 12.1 Å². The Morgan fingerprint density at radius 3 is 2.53 bits per heavy atom. The number of halogens is 3. The first-order chi connectivity index (χ1) is 8.97. The monoisotopic (exact) mass is 297 g/mol. The molecule has 0 saturated carbocycles. The van der Waals surface area contributed by atoms with E-state index in [0.717, 1.165) is 16.8 Å². The molecule has 2 aromatic rings. The van der Waals surface area contributed by atoms with Crippen molar-refractivity contribution in [1.29, 1.82) is 0 Å². The van der Waals surface area contributed by atoms with Crippen molar-refractivity contribution in [3.8, 4) is 0 Å². The van der Waals surface area contributed by atoms with E-state index in [4.69, 9.17) is 23.2 Å². The first-order valence-electron chi connectivity index (χ1n) is 5.95. The van der Waals surface area contributed by atoms with Crippen LogP contribution in [0.3, 0.4) is 0 Å². The lowest BCUT2D eigenvalue weighted by atomic mass is 10.1. The molecule has 1 N–H and O–H groups in total. The molecule has 0 spiro atoms. The average Bonchev–Trinajstić information content (AvgIpc) is 2.33. The van der Waals surface area contributed by atoms with Crippen LogP contribution in [-0.2, 0) is 0 Å². The van der Waals surface area contributed by atoms with Gasteiger partial charge < -0.3 is 5.32 Å². The van der Waals surface area contributed by atoms with Gasteiger partial charge in [-0.1, -0.05) is 35.3 Å². The molecule has 0 fully saturated rings. The second-order valence-electron chi connectivity index (χ2n) is 4.49. The smallest absolute Gasteiger partial charge is 0.125 e. The van der Waals surface area contributed by atoms with E-state index in [1.54, 1.807) is 18.2 Å². The molecule has 0 amide bonds. The Labute approximate surface area is 122 Å². The molecule has 0 saturated heterocycles. The van der Waals surface area contributed by atoms with E-state index < -0.39 is 0 Å². The molecule has 0 heterocycles. The minimum absolute atomic E-state index is 0.0368. The number of rotatable bonds is 3.